The number of hydrogen-bond donors (Lipinski definition) is 1. The van der Waals surface area contributed by atoms with Crippen molar-refractivity contribution in [2.75, 3.05) is 17.1 Å². The van der Waals surface area contributed by atoms with Crippen molar-refractivity contribution in [1.29, 1.82) is 0 Å². The molecule has 0 aliphatic carbocycles. The second kappa shape index (κ2) is 9.04. The third-order valence-electron chi connectivity index (χ3n) is 4.27. The maximum absolute atomic E-state index is 12.3. The molecule has 2 aromatic rings. The number of rotatable bonds is 8. The molecule has 0 unspecified atom stereocenters. The summed E-state index contributed by atoms with van der Waals surface area (Å²) in [6.07, 6.45) is 2.11. The molecule has 0 saturated heterocycles. The normalized spacial score (nSPS) is 11.4. The zero-order valence-electron chi connectivity index (χ0n) is 16.4. The van der Waals surface area contributed by atoms with Crippen LogP contribution < -0.4 is 9.62 Å². The Morgan fingerprint density at radius 3 is 2.15 bits per heavy atom. The highest BCUT2D eigenvalue weighted by Gasteiger charge is 2.18. The van der Waals surface area contributed by atoms with E-state index in [9.17, 15) is 13.2 Å². The Morgan fingerprint density at radius 1 is 1.04 bits per heavy atom. The fraction of sp³-hybridized carbons (Fsp3) is 0.381. The number of nitrogens with zero attached hydrogens (tertiary/aromatic N) is 1. The van der Waals surface area contributed by atoms with Crippen molar-refractivity contribution in [3.8, 4) is 0 Å². The number of amides is 1. The quantitative estimate of drug-likeness (QED) is 0.749. The van der Waals surface area contributed by atoms with Gasteiger partial charge in [0, 0.05) is 12.1 Å². The van der Waals surface area contributed by atoms with Gasteiger partial charge in [-0.25, -0.2) is 8.42 Å². The minimum absolute atomic E-state index is 0.147. The van der Waals surface area contributed by atoms with Gasteiger partial charge in [-0.15, -0.1) is 0 Å². The summed E-state index contributed by atoms with van der Waals surface area (Å²) in [6.45, 7) is 7.08. The average molecular weight is 389 g/mol. The predicted octanol–water partition coefficient (Wildman–Crippen LogP) is 3.74. The molecule has 0 radical (unpaired) electrons. The molecule has 0 heterocycles. The van der Waals surface area contributed by atoms with Gasteiger partial charge in [-0.1, -0.05) is 43.7 Å². The number of benzene rings is 2. The fourth-order valence-corrected chi connectivity index (χ4v) is 3.50. The summed E-state index contributed by atoms with van der Waals surface area (Å²) in [5.41, 5.74) is 3.09. The highest BCUT2D eigenvalue weighted by atomic mass is 32.2. The van der Waals surface area contributed by atoms with E-state index in [4.69, 9.17) is 0 Å². The van der Waals surface area contributed by atoms with Crippen molar-refractivity contribution in [3.63, 3.8) is 0 Å². The molecule has 5 nitrogen and oxygen atoms in total. The van der Waals surface area contributed by atoms with Gasteiger partial charge in [0.05, 0.1) is 18.5 Å². The van der Waals surface area contributed by atoms with E-state index < -0.39 is 10.0 Å². The van der Waals surface area contributed by atoms with Crippen molar-refractivity contribution < 1.29 is 13.2 Å². The molecule has 6 heteroatoms. The van der Waals surface area contributed by atoms with E-state index in [2.05, 4.69) is 19.2 Å². The number of carbonyl (C=O) groups is 1. The van der Waals surface area contributed by atoms with Crippen molar-refractivity contribution >= 4 is 21.6 Å². The Kier molecular flexibility index (Phi) is 7.02. The van der Waals surface area contributed by atoms with Crippen LogP contribution in [-0.2, 0) is 16.6 Å². The first-order valence-electron chi connectivity index (χ1n) is 9.08. The van der Waals surface area contributed by atoms with E-state index in [1.807, 2.05) is 31.2 Å². The Labute approximate surface area is 162 Å². The molecule has 0 bridgehead atoms. The Morgan fingerprint density at radius 2 is 1.63 bits per heavy atom. The Balaban J connectivity index is 2.15. The van der Waals surface area contributed by atoms with Gasteiger partial charge in [-0.3, -0.25) is 9.10 Å². The van der Waals surface area contributed by atoms with Gasteiger partial charge in [0.15, 0.2) is 0 Å². The van der Waals surface area contributed by atoms with Gasteiger partial charge in [0.25, 0.3) is 5.91 Å². The molecule has 0 spiro atoms. The van der Waals surface area contributed by atoms with Crippen molar-refractivity contribution in [3.05, 3.63) is 65.2 Å². The van der Waals surface area contributed by atoms with Crippen LogP contribution in [0.2, 0.25) is 0 Å². The van der Waals surface area contributed by atoms with Crippen LogP contribution in [0.3, 0.4) is 0 Å². The van der Waals surface area contributed by atoms with E-state index in [-0.39, 0.29) is 12.5 Å². The SMILES string of the molecule is Cc1ccc(CN(c2ccc(C(=O)NCCC(C)C)cc2)S(C)(=O)=O)cc1. The van der Waals surface area contributed by atoms with E-state index >= 15 is 0 Å². The standard InChI is InChI=1S/C21H28N2O3S/c1-16(2)13-14-22-21(24)19-9-11-20(12-10-19)23(27(4,25)26)15-18-7-5-17(3)6-8-18/h5-12,16H,13-15H2,1-4H3,(H,22,24). The van der Waals surface area contributed by atoms with Crippen LogP contribution in [0.25, 0.3) is 0 Å². The maximum Gasteiger partial charge on any atom is 0.251 e. The molecule has 146 valence electrons. The summed E-state index contributed by atoms with van der Waals surface area (Å²) in [5, 5.41) is 2.88. The van der Waals surface area contributed by atoms with Gasteiger partial charge in [0.1, 0.15) is 0 Å². The maximum atomic E-state index is 12.3. The summed E-state index contributed by atoms with van der Waals surface area (Å²) in [5.74, 6) is 0.379. The topological polar surface area (TPSA) is 66.5 Å². The number of sulfonamides is 1. The second-order valence-electron chi connectivity index (χ2n) is 7.24. The molecular formula is C21H28N2O3S. The van der Waals surface area contributed by atoms with E-state index in [1.54, 1.807) is 24.3 Å². The zero-order valence-corrected chi connectivity index (χ0v) is 17.2. The first kappa shape index (κ1) is 21.0. The van der Waals surface area contributed by atoms with Gasteiger partial charge >= 0.3 is 0 Å². The molecule has 0 atom stereocenters. The molecule has 1 amide bonds. The monoisotopic (exact) mass is 388 g/mol. The van der Waals surface area contributed by atoms with E-state index in [1.165, 1.54) is 10.6 Å². The number of nitrogens with one attached hydrogen (secondary N) is 1. The van der Waals surface area contributed by atoms with Crippen LogP contribution in [-0.4, -0.2) is 27.1 Å². The Hall–Kier alpha value is -2.34. The molecule has 0 aromatic heterocycles. The van der Waals surface area contributed by atoms with Gasteiger partial charge in [-0.05, 0) is 49.1 Å². The van der Waals surface area contributed by atoms with Crippen LogP contribution in [0, 0.1) is 12.8 Å². The van der Waals surface area contributed by atoms with Gasteiger partial charge < -0.3 is 5.32 Å². The number of anilines is 1. The summed E-state index contributed by atoms with van der Waals surface area (Å²) in [7, 11) is -3.45. The minimum Gasteiger partial charge on any atom is -0.352 e. The summed E-state index contributed by atoms with van der Waals surface area (Å²) < 4.78 is 25.9. The average Bonchev–Trinajstić information content (AvgIpc) is 2.60. The lowest BCUT2D eigenvalue weighted by Gasteiger charge is -2.23. The third kappa shape index (κ3) is 6.40. The first-order chi connectivity index (χ1) is 12.7. The highest BCUT2D eigenvalue weighted by molar-refractivity contribution is 7.92. The van der Waals surface area contributed by atoms with Gasteiger partial charge in [0.2, 0.25) is 10.0 Å². The zero-order chi connectivity index (χ0) is 20.0. The number of aryl methyl sites for hydroxylation is 1. The first-order valence-corrected chi connectivity index (χ1v) is 10.9. The molecule has 0 fully saturated rings. The highest BCUT2D eigenvalue weighted by Crippen LogP contribution is 2.21. The van der Waals surface area contributed by atoms with E-state index in [0.717, 1.165) is 17.5 Å². The smallest absolute Gasteiger partial charge is 0.251 e. The minimum atomic E-state index is -3.45. The summed E-state index contributed by atoms with van der Waals surface area (Å²) >= 11 is 0. The lowest BCUT2D eigenvalue weighted by Crippen LogP contribution is -2.29. The summed E-state index contributed by atoms with van der Waals surface area (Å²) in [6, 6.07) is 14.4. The fourth-order valence-electron chi connectivity index (χ4n) is 2.61. The van der Waals surface area contributed by atoms with Crippen LogP contribution in [0.4, 0.5) is 5.69 Å². The van der Waals surface area contributed by atoms with Crippen LogP contribution in [0.15, 0.2) is 48.5 Å². The lowest BCUT2D eigenvalue weighted by molar-refractivity contribution is 0.0952. The second-order valence-corrected chi connectivity index (χ2v) is 9.15. The molecule has 2 aromatic carbocycles. The van der Waals surface area contributed by atoms with Crippen molar-refractivity contribution in [1.82, 2.24) is 5.32 Å². The van der Waals surface area contributed by atoms with Crippen LogP contribution >= 0.6 is 0 Å². The lowest BCUT2D eigenvalue weighted by atomic mass is 10.1. The predicted molar refractivity (Wildman–Crippen MR) is 110 cm³/mol. The number of hydrogen-bond acceptors (Lipinski definition) is 3. The summed E-state index contributed by atoms with van der Waals surface area (Å²) in [4.78, 5) is 12.2. The molecule has 0 aliphatic heterocycles. The third-order valence-corrected chi connectivity index (χ3v) is 5.41. The van der Waals surface area contributed by atoms with Crippen LogP contribution in [0.1, 0.15) is 41.8 Å². The van der Waals surface area contributed by atoms with Crippen molar-refractivity contribution in [2.24, 2.45) is 5.92 Å². The van der Waals surface area contributed by atoms with E-state index in [0.29, 0.717) is 23.7 Å². The number of carbonyl (C=O) groups excluding carboxylic acids is 1. The Bertz CT molecular complexity index is 857. The molecule has 0 aliphatic rings. The molecule has 2 rings (SSSR count). The molecule has 0 saturated carbocycles. The largest absolute Gasteiger partial charge is 0.352 e. The molecule has 1 N–H and O–H groups in total. The molecule has 27 heavy (non-hydrogen) atoms. The van der Waals surface area contributed by atoms with Crippen LogP contribution in [0.5, 0.6) is 0 Å². The van der Waals surface area contributed by atoms with Crippen molar-refractivity contribution in [2.45, 2.75) is 33.7 Å². The van der Waals surface area contributed by atoms with Gasteiger partial charge in [-0.2, -0.15) is 0 Å². The molecular weight excluding hydrogens is 360 g/mol.